The van der Waals surface area contributed by atoms with Crippen molar-refractivity contribution in [3.63, 3.8) is 0 Å². The highest BCUT2D eigenvalue weighted by atomic mass is 79.9. The van der Waals surface area contributed by atoms with Crippen molar-refractivity contribution >= 4 is 56.8 Å². The Hall–Kier alpha value is -2.85. The molecule has 0 spiro atoms. The number of nitrogens with one attached hydrogen (secondary N) is 1. The van der Waals surface area contributed by atoms with Gasteiger partial charge in [-0.2, -0.15) is 5.26 Å². The van der Waals surface area contributed by atoms with Crippen LogP contribution >= 0.6 is 39.1 Å². The number of rotatable bonds is 6. The molecule has 0 aliphatic heterocycles. The molecule has 0 atom stereocenters. The maximum atomic E-state index is 13.8. The topological polar surface area (TPSA) is 62.1 Å². The van der Waals surface area contributed by atoms with Crippen LogP contribution in [0.15, 0.2) is 64.6 Å². The third-order valence-corrected chi connectivity index (χ3v) is 5.82. The van der Waals surface area contributed by atoms with Gasteiger partial charge in [-0.15, -0.1) is 0 Å². The molecule has 0 aliphatic rings. The van der Waals surface area contributed by atoms with Crippen LogP contribution in [0.5, 0.6) is 5.75 Å². The van der Waals surface area contributed by atoms with Gasteiger partial charge in [0.25, 0.3) is 5.91 Å². The molecular weight excluding hydrogens is 518 g/mol. The highest BCUT2D eigenvalue weighted by molar-refractivity contribution is 9.10. The van der Waals surface area contributed by atoms with Crippen molar-refractivity contribution in [3.05, 3.63) is 97.2 Å². The van der Waals surface area contributed by atoms with E-state index in [0.29, 0.717) is 37.6 Å². The summed E-state index contributed by atoms with van der Waals surface area (Å²) >= 11 is 15.8. The monoisotopic (exact) mass is 532 g/mol. The summed E-state index contributed by atoms with van der Waals surface area (Å²) in [5.41, 5.74) is 1.99. The maximum absolute atomic E-state index is 13.8. The smallest absolute Gasteiger partial charge is 0.266 e. The summed E-state index contributed by atoms with van der Waals surface area (Å²) in [5.74, 6) is -0.631. The lowest BCUT2D eigenvalue weighted by Crippen LogP contribution is -2.14. The molecule has 0 unspecified atom stereocenters. The van der Waals surface area contributed by atoms with Gasteiger partial charge in [-0.25, -0.2) is 4.39 Å². The summed E-state index contributed by atoms with van der Waals surface area (Å²) in [5, 5.41) is 12.9. The fourth-order valence-electron chi connectivity index (χ4n) is 2.81. The molecule has 0 fully saturated rings. The molecule has 3 aromatic rings. The van der Waals surface area contributed by atoms with Gasteiger partial charge in [-0.05, 0) is 70.4 Å². The van der Waals surface area contributed by atoms with Gasteiger partial charge < -0.3 is 10.1 Å². The first-order chi connectivity index (χ1) is 15.3. The van der Waals surface area contributed by atoms with Crippen molar-refractivity contribution in [1.29, 1.82) is 5.26 Å². The summed E-state index contributed by atoms with van der Waals surface area (Å²) in [6.45, 7) is 1.76. The second kappa shape index (κ2) is 10.6. The molecule has 3 rings (SSSR count). The van der Waals surface area contributed by atoms with E-state index in [0.717, 1.165) is 0 Å². The lowest BCUT2D eigenvalue weighted by atomic mass is 10.1. The Morgan fingerprint density at radius 3 is 2.62 bits per heavy atom. The van der Waals surface area contributed by atoms with Crippen LogP contribution in [0.2, 0.25) is 10.0 Å². The van der Waals surface area contributed by atoms with E-state index in [1.807, 2.05) is 6.07 Å². The number of amides is 1. The number of nitrogens with zero attached hydrogens (tertiary/aromatic N) is 1. The quantitative estimate of drug-likeness (QED) is 0.266. The Labute approximate surface area is 203 Å². The molecule has 162 valence electrons. The molecule has 0 bridgehead atoms. The molecule has 32 heavy (non-hydrogen) atoms. The van der Waals surface area contributed by atoms with Crippen LogP contribution in [0.4, 0.5) is 10.1 Å². The molecule has 1 amide bonds. The van der Waals surface area contributed by atoms with Gasteiger partial charge in [0.2, 0.25) is 0 Å². The number of nitriles is 1. The molecule has 8 heteroatoms. The highest BCUT2D eigenvalue weighted by Crippen LogP contribution is 2.36. The summed E-state index contributed by atoms with van der Waals surface area (Å²) in [6, 6.07) is 16.5. The van der Waals surface area contributed by atoms with Gasteiger partial charge >= 0.3 is 0 Å². The van der Waals surface area contributed by atoms with Crippen LogP contribution in [-0.2, 0) is 11.4 Å². The first-order valence-corrected chi connectivity index (χ1v) is 10.9. The third kappa shape index (κ3) is 5.68. The van der Waals surface area contributed by atoms with Gasteiger partial charge in [0.05, 0.1) is 9.50 Å². The Balaban J connectivity index is 1.80. The zero-order valence-electron chi connectivity index (χ0n) is 16.8. The molecular formula is C24H16BrCl2FN2O2. The zero-order valence-corrected chi connectivity index (χ0v) is 19.9. The largest absolute Gasteiger partial charge is 0.486 e. The van der Waals surface area contributed by atoms with E-state index in [4.69, 9.17) is 27.9 Å². The molecule has 0 radical (unpaired) electrons. The minimum Gasteiger partial charge on any atom is -0.486 e. The molecule has 0 aromatic heterocycles. The number of carbonyl (C=O) groups excluding carboxylic acids is 1. The number of anilines is 1. The second-order valence-electron chi connectivity index (χ2n) is 6.73. The van der Waals surface area contributed by atoms with E-state index in [9.17, 15) is 14.4 Å². The van der Waals surface area contributed by atoms with Gasteiger partial charge in [-0.3, -0.25) is 4.79 Å². The summed E-state index contributed by atoms with van der Waals surface area (Å²) in [6.07, 6.45) is 1.41. The molecule has 0 aliphatic carbocycles. The van der Waals surface area contributed by atoms with Gasteiger partial charge in [0.15, 0.2) is 5.75 Å². The average Bonchev–Trinajstić information content (AvgIpc) is 2.75. The van der Waals surface area contributed by atoms with Gasteiger partial charge in [-0.1, -0.05) is 47.5 Å². The number of ether oxygens (including phenoxy) is 1. The van der Waals surface area contributed by atoms with E-state index in [2.05, 4.69) is 21.2 Å². The Kier molecular flexibility index (Phi) is 7.92. The first kappa shape index (κ1) is 23.8. The van der Waals surface area contributed by atoms with Crippen molar-refractivity contribution in [2.75, 3.05) is 5.32 Å². The average molecular weight is 534 g/mol. The van der Waals surface area contributed by atoms with Crippen LogP contribution in [0, 0.1) is 24.1 Å². The Bertz CT molecular complexity index is 1230. The zero-order chi connectivity index (χ0) is 23.3. The van der Waals surface area contributed by atoms with Crippen LogP contribution in [0.25, 0.3) is 6.08 Å². The van der Waals surface area contributed by atoms with Crippen LogP contribution in [-0.4, -0.2) is 5.91 Å². The third-order valence-electron chi connectivity index (χ3n) is 4.54. The minimum absolute atomic E-state index is 0.00891. The summed E-state index contributed by atoms with van der Waals surface area (Å²) < 4.78 is 20.0. The van der Waals surface area contributed by atoms with Crippen molar-refractivity contribution in [1.82, 2.24) is 0 Å². The number of halogens is 4. The van der Waals surface area contributed by atoms with Gasteiger partial charge in [0, 0.05) is 16.3 Å². The number of carbonyl (C=O) groups is 1. The number of hydrogen-bond acceptors (Lipinski definition) is 3. The molecule has 0 saturated heterocycles. The fraction of sp³-hybridized carbons (Fsp3) is 0.0833. The molecule has 0 saturated carbocycles. The lowest BCUT2D eigenvalue weighted by molar-refractivity contribution is -0.112. The predicted octanol–water partition coefficient (Wildman–Crippen LogP) is 7.33. The van der Waals surface area contributed by atoms with Crippen molar-refractivity contribution in [3.8, 4) is 11.8 Å². The Morgan fingerprint density at radius 1 is 1.19 bits per heavy atom. The maximum Gasteiger partial charge on any atom is 0.266 e. The number of benzene rings is 3. The Morgan fingerprint density at radius 2 is 1.94 bits per heavy atom. The normalized spacial score (nSPS) is 11.1. The van der Waals surface area contributed by atoms with Crippen LogP contribution in [0.1, 0.15) is 16.7 Å². The molecule has 3 aromatic carbocycles. The molecule has 1 N–H and O–H groups in total. The van der Waals surface area contributed by atoms with E-state index in [-0.39, 0.29) is 23.0 Å². The predicted molar refractivity (Wildman–Crippen MR) is 128 cm³/mol. The van der Waals surface area contributed by atoms with Crippen molar-refractivity contribution < 1.29 is 13.9 Å². The summed E-state index contributed by atoms with van der Waals surface area (Å²) in [7, 11) is 0. The molecule has 0 heterocycles. The lowest BCUT2D eigenvalue weighted by Gasteiger charge is -2.12. The van der Waals surface area contributed by atoms with Crippen LogP contribution in [0.3, 0.4) is 0 Å². The SMILES string of the molecule is Cc1c(Cl)cccc1NC(=O)/C(C#N)=C\c1cc(Cl)c(OCc2ccccc2F)c(Br)c1. The van der Waals surface area contributed by atoms with Crippen molar-refractivity contribution in [2.24, 2.45) is 0 Å². The van der Waals surface area contributed by atoms with Crippen molar-refractivity contribution in [2.45, 2.75) is 13.5 Å². The fourth-order valence-corrected chi connectivity index (χ4v) is 3.98. The first-order valence-electron chi connectivity index (χ1n) is 9.33. The molecule has 4 nitrogen and oxygen atoms in total. The summed E-state index contributed by atoms with van der Waals surface area (Å²) in [4.78, 5) is 12.6. The minimum atomic E-state index is -0.579. The van der Waals surface area contributed by atoms with Crippen LogP contribution < -0.4 is 10.1 Å². The highest BCUT2D eigenvalue weighted by Gasteiger charge is 2.14. The standard InChI is InChI=1S/C24H16BrCl2FN2O2/c1-14-19(26)6-4-8-22(14)30-24(31)17(12-29)9-15-10-18(25)23(20(27)11-15)32-13-16-5-2-3-7-21(16)28/h2-11H,13H2,1H3,(H,30,31)/b17-9-. The van der Waals surface area contributed by atoms with E-state index >= 15 is 0 Å². The second-order valence-corrected chi connectivity index (χ2v) is 8.40. The van der Waals surface area contributed by atoms with E-state index in [1.54, 1.807) is 55.5 Å². The van der Waals surface area contributed by atoms with E-state index < -0.39 is 5.91 Å². The van der Waals surface area contributed by atoms with E-state index in [1.165, 1.54) is 12.1 Å². The number of hydrogen-bond donors (Lipinski definition) is 1. The van der Waals surface area contributed by atoms with Gasteiger partial charge in [0.1, 0.15) is 24.1 Å².